The Bertz CT molecular complexity index is 834. The predicted octanol–water partition coefficient (Wildman–Crippen LogP) is 5.16. The second kappa shape index (κ2) is 6.87. The van der Waals surface area contributed by atoms with Crippen LogP contribution < -0.4 is 9.47 Å². The summed E-state index contributed by atoms with van der Waals surface area (Å²) in [4.78, 5) is 4.35. The Morgan fingerprint density at radius 3 is 2.28 bits per heavy atom. The first-order chi connectivity index (χ1) is 11.9. The average Bonchev–Trinajstić information content (AvgIpc) is 3.00. The Hall–Kier alpha value is -2.35. The van der Waals surface area contributed by atoms with Crippen LogP contribution in [0.25, 0.3) is 11.1 Å². The molecule has 0 bridgehead atoms. The maximum Gasteiger partial charge on any atom is 0.416 e. The van der Waals surface area contributed by atoms with Crippen molar-refractivity contribution in [1.82, 2.24) is 4.98 Å². The van der Waals surface area contributed by atoms with Crippen LogP contribution in [-0.4, -0.2) is 19.2 Å². The van der Waals surface area contributed by atoms with E-state index in [2.05, 4.69) is 4.98 Å². The molecule has 0 fully saturated rings. The molecule has 0 unspecified atom stereocenters. The van der Waals surface area contributed by atoms with E-state index in [1.807, 2.05) is 0 Å². The zero-order valence-electron chi connectivity index (χ0n) is 13.4. The molecule has 0 aliphatic rings. The topological polar surface area (TPSA) is 44.5 Å². The van der Waals surface area contributed by atoms with Crippen LogP contribution in [0.2, 0.25) is 0 Å². The summed E-state index contributed by atoms with van der Waals surface area (Å²) in [7, 11) is 3.06. The summed E-state index contributed by atoms with van der Waals surface area (Å²) in [6.07, 6.45) is -4.33. The summed E-state index contributed by atoms with van der Waals surface area (Å²) < 4.78 is 53.8. The van der Waals surface area contributed by atoms with Crippen LogP contribution in [0.4, 0.5) is 13.2 Å². The number of rotatable bonds is 5. The lowest BCUT2D eigenvalue weighted by atomic mass is 10.1. The molecular weight excluding hydrogens is 355 g/mol. The number of nitrogens with zero attached hydrogens (tertiary/aromatic N) is 1. The average molecular weight is 369 g/mol. The third kappa shape index (κ3) is 3.84. The van der Waals surface area contributed by atoms with Crippen LogP contribution >= 0.6 is 11.8 Å². The van der Waals surface area contributed by atoms with Gasteiger partial charge in [0.1, 0.15) is 5.52 Å². The summed E-state index contributed by atoms with van der Waals surface area (Å²) in [5.74, 6) is 1.52. The third-order valence-electron chi connectivity index (χ3n) is 3.52. The first-order valence-corrected chi connectivity index (χ1v) is 8.21. The van der Waals surface area contributed by atoms with Gasteiger partial charge in [-0.05, 0) is 17.7 Å². The third-order valence-corrected chi connectivity index (χ3v) is 4.42. The minimum Gasteiger partial charge on any atom is -0.493 e. The van der Waals surface area contributed by atoms with Crippen molar-refractivity contribution in [3.05, 3.63) is 47.5 Å². The number of fused-ring (bicyclic) bond motifs is 1. The molecule has 0 aliphatic carbocycles. The zero-order valence-corrected chi connectivity index (χ0v) is 14.2. The lowest BCUT2D eigenvalue weighted by molar-refractivity contribution is -0.137. The van der Waals surface area contributed by atoms with Crippen LogP contribution in [0, 0.1) is 0 Å². The van der Waals surface area contributed by atoms with Gasteiger partial charge < -0.3 is 13.9 Å². The first-order valence-electron chi connectivity index (χ1n) is 7.22. The van der Waals surface area contributed by atoms with E-state index in [1.165, 1.54) is 38.1 Å². The zero-order chi connectivity index (χ0) is 18.0. The first kappa shape index (κ1) is 17.5. The fourth-order valence-corrected chi connectivity index (χ4v) is 3.02. The van der Waals surface area contributed by atoms with E-state index in [4.69, 9.17) is 13.9 Å². The van der Waals surface area contributed by atoms with Crippen LogP contribution in [-0.2, 0) is 11.9 Å². The highest BCUT2D eigenvalue weighted by Crippen LogP contribution is 2.35. The Balaban J connectivity index is 1.75. The minimum absolute atomic E-state index is 0.421. The van der Waals surface area contributed by atoms with Crippen LogP contribution in [0.1, 0.15) is 11.1 Å². The standard InChI is InChI=1S/C17H14F3NO3S/c1-22-14-7-12-13(8-15(14)23-2)24-16(21-12)25-9-10-3-5-11(6-4-10)17(18,19)20/h3-8H,9H2,1-2H3. The number of hydrogen-bond acceptors (Lipinski definition) is 5. The molecule has 8 heteroatoms. The molecule has 0 N–H and O–H groups in total. The van der Waals surface area contributed by atoms with Crippen molar-refractivity contribution in [1.29, 1.82) is 0 Å². The van der Waals surface area contributed by atoms with E-state index in [-0.39, 0.29) is 0 Å². The van der Waals surface area contributed by atoms with Gasteiger partial charge >= 0.3 is 6.18 Å². The van der Waals surface area contributed by atoms with Crippen molar-refractivity contribution in [2.45, 2.75) is 17.2 Å². The molecule has 3 rings (SSSR count). The molecule has 0 atom stereocenters. The van der Waals surface area contributed by atoms with Gasteiger partial charge in [-0.3, -0.25) is 0 Å². The number of ether oxygens (including phenoxy) is 2. The number of halogens is 3. The predicted molar refractivity (Wildman–Crippen MR) is 88.1 cm³/mol. The molecule has 0 spiro atoms. The molecule has 3 aromatic rings. The van der Waals surface area contributed by atoms with Gasteiger partial charge in [0.2, 0.25) is 0 Å². The Morgan fingerprint density at radius 1 is 1.04 bits per heavy atom. The fraction of sp³-hybridized carbons (Fsp3) is 0.235. The quantitative estimate of drug-likeness (QED) is 0.582. The lowest BCUT2D eigenvalue weighted by Crippen LogP contribution is -2.04. The van der Waals surface area contributed by atoms with Crippen molar-refractivity contribution in [3.8, 4) is 11.5 Å². The normalized spacial score (nSPS) is 11.7. The number of thioether (sulfide) groups is 1. The van der Waals surface area contributed by atoms with Gasteiger partial charge in [0.15, 0.2) is 17.1 Å². The van der Waals surface area contributed by atoms with Crippen molar-refractivity contribution >= 4 is 22.9 Å². The van der Waals surface area contributed by atoms with Crippen molar-refractivity contribution in [2.75, 3.05) is 14.2 Å². The number of hydrogen-bond donors (Lipinski definition) is 0. The van der Waals surface area contributed by atoms with Gasteiger partial charge in [-0.2, -0.15) is 13.2 Å². The van der Waals surface area contributed by atoms with E-state index in [9.17, 15) is 13.2 Å². The molecule has 0 amide bonds. The van der Waals surface area contributed by atoms with Crippen LogP contribution in [0.3, 0.4) is 0 Å². The summed E-state index contributed by atoms with van der Waals surface area (Å²) in [5, 5.41) is 0.421. The summed E-state index contributed by atoms with van der Waals surface area (Å²) in [6, 6.07) is 8.42. The largest absolute Gasteiger partial charge is 0.493 e. The molecule has 1 heterocycles. The molecule has 0 saturated heterocycles. The number of methoxy groups -OCH3 is 2. The van der Waals surface area contributed by atoms with E-state index < -0.39 is 11.7 Å². The number of aromatic nitrogens is 1. The van der Waals surface area contributed by atoms with Crippen LogP contribution in [0.15, 0.2) is 46.0 Å². The molecular formula is C17H14F3NO3S. The molecule has 1 aromatic heterocycles. The Labute approximate surface area is 145 Å². The fourth-order valence-electron chi connectivity index (χ4n) is 2.23. The molecule has 0 saturated carbocycles. The minimum atomic E-state index is -4.33. The summed E-state index contributed by atoms with van der Waals surface area (Å²) in [6.45, 7) is 0. The maximum absolute atomic E-state index is 12.6. The highest BCUT2D eigenvalue weighted by molar-refractivity contribution is 7.98. The number of alkyl halides is 3. The molecule has 0 aliphatic heterocycles. The molecule has 25 heavy (non-hydrogen) atoms. The number of benzene rings is 2. The molecule has 132 valence electrons. The lowest BCUT2D eigenvalue weighted by Gasteiger charge is -2.06. The molecule has 4 nitrogen and oxygen atoms in total. The second-order valence-electron chi connectivity index (χ2n) is 5.14. The van der Waals surface area contributed by atoms with Crippen molar-refractivity contribution in [2.24, 2.45) is 0 Å². The SMILES string of the molecule is COc1cc2nc(SCc3ccc(C(F)(F)F)cc3)oc2cc1OC. The molecule has 0 radical (unpaired) electrons. The van der Waals surface area contributed by atoms with Crippen molar-refractivity contribution in [3.63, 3.8) is 0 Å². The van der Waals surface area contributed by atoms with Gasteiger partial charge in [0.05, 0.1) is 19.8 Å². The highest BCUT2D eigenvalue weighted by atomic mass is 32.2. The maximum atomic E-state index is 12.6. The monoisotopic (exact) mass is 369 g/mol. The van der Waals surface area contributed by atoms with Gasteiger partial charge in [-0.15, -0.1) is 0 Å². The van der Waals surface area contributed by atoms with Crippen molar-refractivity contribution < 1.29 is 27.1 Å². The van der Waals surface area contributed by atoms with Crippen LogP contribution in [0.5, 0.6) is 11.5 Å². The molecule has 2 aromatic carbocycles. The van der Waals surface area contributed by atoms with Gasteiger partial charge in [-0.25, -0.2) is 4.98 Å². The van der Waals surface area contributed by atoms with E-state index in [1.54, 1.807) is 12.1 Å². The summed E-state index contributed by atoms with van der Waals surface area (Å²) >= 11 is 1.30. The van der Waals surface area contributed by atoms with E-state index in [0.29, 0.717) is 33.6 Å². The smallest absolute Gasteiger partial charge is 0.416 e. The van der Waals surface area contributed by atoms with Gasteiger partial charge in [-0.1, -0.05) is 23.9 Å². The Morgan fingerprint density at radius 2 is 1.68 bits per heavy atom. The van der Waals surface area contributed by atoms with Gasteiger partial charge in [0, 0.05) is 17.9 Å². The summed E-state index contributed by atoms with van der Waals surface area (Å²) in [5.41, 5.74) is 1.25. The van der Waals surface area contributed by atoms with E-state index in [0.717, 1.165) is 17.7 Å². The highest BCUT2D eigenvalue weighted by Gasteiger charge is 2.29. The Kier molecular flexibility index (Phi) is 4.80. The van der Waals surface area contributed by atoms with Gasteiger partial charge in [0.25, 0.3) is 5.22 Å². The number of oxazole rings is 1. The van der Waals surface area contributed by atoms with E-state index >= 15 is 0 Å². The second-order valence-corrected chi connectivity index (χ2v) is 6.06.